The van der Waals surface area contributed by atoms with Gasteiger partial charge in [0, 0.05) is 17.3 Å². The summed E-state index contributed by atoms with van der Waals surface area (Å²) in [4.78, 5) is 14.6. The van der Waals surface area contributed by atoms with Crippen molar-refractivity contribution in [2.75, 3.05) is 0 Å². The van der Waals surface area contributed by atoms with E-state index in [0.29, 0.717) is 11.6 Å². The maximum atomic E-state index is 5.79. The van der Waals surface area contributed by atoms with Gasteiger partial charge in [-0.05, 0) is 84.9 Å². The zero-order valence-electron chi connectivity index (χ0n) is 27.9. The highest BCUT2D eigenvalue weighted by atomic mass is 16.5. The number of benzene rings is 6. The maximum Gasteiger partial charge on any atom is 0.245 e. The highest BCUT2D eigenvalue weighted by molar-refractivity contribution is 6.21. The van der Waals surface area contributed by atoms with E-state index in [4.69, 9.17) is 19.1 Å². The molecule has 3 aromatic heterocycles. The third-order valence-corrected chi connectivity index (χ3v) is 9.83. The molecule has 10 rings (SSSR count). The van der Waals surface area contributed by atoms with Crippen LogP contribution in [-0.2, 0) is 4.74 Å². The van der Waals surface area contributed by atoms with Gasteiger partial charge < -0.3 is 14.5 Å². The van der Waals surface area contributed by atoms with Crippen molar-refractivity contribution in [3.63, 3.8) is 0 Å². The van der Waals surface area contributed by atoms with Crippen molar-refractivity contribution in [2.24, 2.45) is 0 Å². The quantitative estimate of drug-likeness (QED) is 0.178. The fraction of sp³-hybridized carbons (Fsp3) is 0.0217. The van der Waals surface area contributed by atoms with Crippen LogP contribution in [0.25, 0.3) is 88.7 Å². The van der Waals surface area contributed by atoms with Crippen LogP contribution in [0.1, 0.15) is 11.9 Å². The third-order valence-electron chi connectivity index (χ3n) is 9.83. The van der Waals surface area contributed by atoms with E-state index < -0.39 is 0 Å². The molecule has 0 saturated carbocycles. The van der Waals surface area contributed by atoms with Crippen LogP contribution in [0, 0.1) is 0 Å². The summed E-state index contributed by atoms with van der Waals surface area (Å²) in [5.41, 5.74) is 9.95. The van der Waals surface area contributed by atoms with Crippen LogP contribution in [-0.4, -0.2) is 15.0 Å². The van der Waals surface area contributed by atoms with E-state index >= 15 is 0 Å². The van der Waals surface area contributed by atoms with Crippen LogP contribution in [0.15, 0.2) is 175 Å². The Morgan fingerprint density at radius 1 is 0.519 bits per heavy atom. The van der Waals surface area contributed by atoms with E-state index in [9.17, 15) is 0 Å². The molecule has 9 aromatic rings. The third kappa shape index (κ3) is 5.08. The minimum Gasteiger partial charge on any atom is -0.471 e. The largest absolute Gasteiger partial charge is 0.471 e. The fourth-order valence-electron chi connectivity index (χ4n) is 7.45. The number of fused-ring (bicyclic) bond motifs is 3. The van der Waals surface area contributed by atoms with Crippen molar-refractivity contribution < 1.29 is 9.15 Å². The number of nitrogens with one attached hydrogen (secondary N) is 1. The highest BCUT2D eigenvalue weighted by Crippen LogP contribution is 2.44. The predicted molar refractivity (Wildman–Crippen MR) is 208 cm³/mol. The number of pyridine rings is 2. The second-order valence-electron chi connectivity index (χ2n) is 12.8. The zero-order chi connectivity index (χ0) is 34.4. The van der Waals surface area contributed by atoms with Gasteiger partial charge in [-0.2, -0.15) is 0 Å². The molecular weight excluding hydrogens is 641 g/mol. The van der Waals surface area contributed by atoms with Crippen molar-refractivity contribution in [1.29, 1.82) is 0 Å². The molecule has 1 aliphatic heterocycles. The summed E-state index contributed by atoms with van der Waals surface area (Å²) in [6, 6.07) is 51.3. The second kappa shape index (κ2) is 12.4. The highest BCUT2D eigenvalue weighted by Gasteiger charge is 2.22. The molecule has 246 valence electrons. The molecule has 6 heteroatoms. The van der Waals surface area contributed by atoms with Gasteiger partial charge in [-0.1, -0.05) is 115 Å². The standard InChI is InChI=1S/C46H30N4O2/c1-2-10-33-30(8-1)9-5-13-34(33)31-20-18-29(19-21-31)32-22-23-37-38(28-32)44(40-15-7-17-42(50-40)46-48-25-27-52-46)36-12-4-3-11-35(36)43(37)39-14-6-16-41(49-39)45-47-24-26-51-45/h1-28,46,48H. The minimum absolute atomic E-state index is 0.338. The first kappa shape index (κ1) is 29.8. The number of nitrogens with zero attached hydrogens (tertiary/aromatic N) is 3. The number of oxazole rings is 1. The summed E-state index contributed by atoms with van der Waals surface area (Å²) in [7, 11) is 0. The molecule has 1 atom stereocenters. The lowest BCUT2D eigenvalue weighted by molar-refractivity contribution is 0.150. The summed E-state index contributed by atoms with van der Waals surface area (Å²) in [6.07, 6.45) is 6.34. The molecule has 1 unspecified atom stereocenters. The van der Waals surface area contributed by atoms with Crippen molar-refractivity contribution >= 4 is 32.3 Å². The van der Waals surface area contributed by atoms with Crippen molar-refractivity contribution in [1.82, 2.24) is 20.3 Å². The van der Waals surface area contributed by atoms with Crippen molar-refractivity contribution in [2.45, 2.75) is 6.23 Å². The molecule has 52 heavy (non-hydrogen) atoms. The molecular formula is C46H30N4O2. The Hall–Kier alpha value is -7.05. The predicted octanol–water partition coefficient (Wildman–Crippen LogP) is 11.3. The van der Waals surface area contributed by atoms with Crippen LogP contribution in [0.3, 0.4) is 0 Å². The Kier molecular flexibility index (Phi) is 7.10. The van der Waals surface area contributed by atoms with Gasteiger partial charge in [0.25, 0.3) is 0 Å². The van der Waals surface area contributed by atoms with E-state index in [0.717, 1.165) is 60.9 Å². The number of aromatic nitrogens is 3. The lowest BCUT2D eigenvalue weighted by Crippen LogP contribution is -2.13. The smallest absolute Gasteiger partial charge is 0.245 e. The average molecular weight is 671 g/mol. The molecule has 0 saturated heterocycles. The van der Waals surface area contributed by atoms with E-state index in [1.807, 2.05) is 24.3 Å². The summed E-state index contributed by atoms with van der Waals surface area (Å²) < 4.78 is 11.4. The molecule has 0 fully saturated rings. The Morgan fingerprint density at radius 3 is 1.96 bits per heavy atom. The molecule has 0 aliphatic carbocycles. The molecule has 1 N–H and O–H groups in total. The van der Waals surface area contributed by atoms with E-state index in [1.165, 1.54) is 21.9 Å². The number of hydrogen-bond acceptors (Lipinski definition) is 6. The van der Waals surface area contributed by atoms with Gasteiger partial charge in [0.1, 0.15) is 23.9 Å². The number of ether oxygens (including phenoxy) is 1. The van der Waals surface area contributed by atoms with Crippen LogP contribution >= 0.6 is 0 Å². The monoisotopic (exact) mass is 670 g/mol. The first-order chi connectivity index (χ1) is 25.8. The van der Waals surface area contributed by atoms with Gasteiger partial charge in [-0.25, -0.2) is 15.0 Å². The SMILES string of the molecule is C1=COC(c2cccc(-c3c4ccccc4c(-c4cccc(-c5ncco5)n4)c4ccc(-c5ccc(-c6cccc7ccccc67)cc5)cc34)n2)N1. The van der Waals surface area contributed by atoms with Gasteiger partial charge in [0.05, 0.1) is 17.6 Å². The van der Waals surface area contributed by atoms with Crippen LogP contribution in [0.5, 0.6) is 0 Å². The van der Waals surface area contributed by atoms with Crippen LogP contribution < -0.4 is 5.32 Å². The zero-order valence-corrected chi connectivity index (χ0v) is 27.9. The van der Waals surface area contributed by atoms with Crippen molar-refractivity contribution in [3.8, 4) is 56.4 Å². The van der Waals surface area contributed by atoms with Gasteiger partial charge in [0.15, 0.2) is 0 Å². The average Bonchev–Trinajstić information content (AvgIpc) is 3.96. The molecule has 6 aromatic carbocycles. The van der Waals surface area contributed by atoms with E-state index in [1.54, 1.807) is 24.9 Å². The van der Waals surface area contributed by atoms with Gasteiger partial charge in [-0.3, -0.25) is 0 Å². The van der Waals surface area contributed by atoms with Gasteiger partial charge in [0.2, 0.25) is 12.1 Å². The molecule has 0 amide bonds. The van der Waals surface area contributed by atoms with Crippen LogP contribution in [0.4, 0.5) is 0 Å². The minimum atomic E-state index is -0.338. The first-order valence-electron chi connectivity index (χ1n) is 17.3. The van der Waals surface area contributed by atoms with E-state index in [-0.39, 0.29) is 6.23 Å². The summed E-state index contributed by atoms with van der Waals surface area (Å²) in [5.74, 6) is 0.486. The molecule has 0 bridgehead atoms. The lowest BCUT2D eigenvalue weighted by atomic mass is 9.87. The summed E-state index contributed by atoms with van der Waals surface area (Å²) >= 11 is 0. The topological polar surface area (TPSA) is 73.1 Å². The molecule has 6 nitrogen and oxygen atoms in total. The molecule has 4 heterocycles. The van der Waals surface area contributed by atoms with Crippen molar-refractivity contribution in [3.05, 3.63) is 176 Å². The Labute approximate surface area is 299 Å². The first-order valence-corrected chi connectivity index (χ1v) is 17.3. The Balaban J connectivity index is 1.19. The maximum absolute atomic E-state index is 5.79. The molecule has 1 aliphatic rings. The Bertz CT molecular complexity index is 2790. The number of rotatable bonds is 6. The van der Waals surface area contributed by atoms with Crippen LogP contribution in [0.2, 0.25) is 0 Å². The fourth-order valence-corrected chi connectivity index (χ4v) is 7.45. The normalized spacial score (nSPS) is 13.8. The second-order valence-corrected chi connectivity index (χ2v) is 12.8. The molecule has 0 spiro atoms. The van der Waals surface area contributed by atoms with Gasteiger partial charge >= 0.3 is 0 Å². The number of hydrogen-bond donors (Lipinski definition) is 1. The summed E-state index contributed by atoms with van der Waals surface area (Å²) in [5, 5.41) is 10.0. The van der Waals surface area contributed by atoms with Gasteiger partial charge in [-0.15, -0.1) is 0 Å². The van der Waals surface area contributed by atoms with E-state index in [2.05, 4.69) is 132 Å². The lowest BCUT2D eigenvalue weighted by Gasteiger charge is -2.19. The molecule has 0 radical (unpaired) electrons. The Morgan fingerprint density at radius 2 is 1.17 bits per heavy atom. The summed E-state index contributed by atoms with van der Waals surface area (Å²) in [6.45, 7) is 0.